The summed E-state index contributed by atoms with van der Waals surface area (Å²) in [5.74, 6) is -1.55. The lowest BCUT2D eigenvalue weighted by Gasteiger charge is -2.22. The fourth-order valence-corrected chi connectivity index (χ4v) is 7.08. The highest BCUT2D eigenvalue weighted by Crippen LogP contribution is 2.45. The monoisotopic (exact) mass is 608 g/mol. The summed E-state index contributed by atoms with van der Waals surface area (Å²) in [7, 11) is 0. The summed E-state index contributed by atoms with van der Waals surface area (Å²) in [6.45, 7) is 3.64. The van der Waals surface area contributed by atoms with Crippen LogP contribution in [0.5, 0.6) is 0 Å². The first kappa shape index (κ1) is 28.3. The number of aliphatic hydroxyl groups excluding tert-OH is 1. The van der Waals surface area contributed by atoms with E-state index >= 15 is 0 Å². The van der Waals surface area contributed by atoms with Crippen LogP contribution in [-0.2, 0) is 15.3 Å². The maximum atomic E-state index is 13.6. The number of nitro benzene ring substituents is 1. The van der Waals surface area contributed by atoms with E-state index in [4.69, 9.17) is 0 Å². The van der Waals surface area contributed by atoms with Gasteiger partial charge in [-0.3, -0.25) is 24.6 Å². The van der Waals surface area contributed by atoms with Gasteiger partial charge < -0.3 is 5.11 Å². The van der Waals surface area contributed by atoms with Crippen LogP contribution in [-0.4, -0.2) is 31.9 Å². The number of hydrogen-bond donors (Lipinski definition) is 1. The Kier molecular flexibility index (Phi) is 7.51. The van der Waals surface area contributed by atoms with E-state index < -0.39 is 22.7 Å². The Morgan fingerprint density at radius 1 is 1.00 bits per heavy atom. The molecule has 1 aliphatic heterocycles. The van der Waals surface area contributed by atoms with Crippen molar-refractivity contribution in [3.63, 3.8) is 0 Å². The van der Waals surface area contributed by atoms with Crippen molar-refractivity contribution in [3.05, 3.63) is 128 Å². The molecule has 1 aromatic heterocycles. The first-order valence-corrected chi connectivity index (χ1v) is 15.1. The molecular formula is C32H24N4O5S2. The van der Waals surface area contributed by atoms with E-state index in [2.05, 4.69) is 28.4 Å². The highest BCUT2D eigenvalue weighted by molar-refractivity contribution is 8.00. The predicted octanol–water partition coefficient (Wildman–Crippen LogP) is 7.13. The zero-order valence-corrected chi connectivity index (χ0v) is 24.7. The molecule has 1 aliphatic rings. The number of rotatable bonds is 7. The molecule has 1 atom stereocenters. The van der Waals surface area contributed by atoms with Crippen LogP contribution in [0.3, 0.4) is 0 Å². The summed E-state index contributed by atoms with van der Waals surface area (Å²) >= 11 is 2.59. The van der Waals surface area contributed by atoms with Gasteiger partial charge in [0, 0.05) is 23.4 Å². The van der Waals surface area contributed by atoms with Crippen molar-refractivity contribution in [1.82, 2.24) is 10.2 Å². The maximum Gasteiger partial charge on any atom is 0.301 e. The SMILES string of the molecule is Cc1ccc(C)c(/C(O)=C2\C(=O)C(=O)N(c3nnc(SCc4cccc5ccccc45)s3)C2c2cccc([N+](=O)[O-])c2)c1. The summed E-state index contributed by atoms with van der Waals surface area (Å²) in [5, 5.41) is 34.1. The van der Waals surface area contributed by atoms with Gasteiger partial charge in [0.05, 0.1) is 16.5 Å². The lowest BCUT2D eigenvalue weighted by molar-refractivity contribution is -0.384. The molecule has 43 heavy (non-hydrogen) atoms. The number of benzene rings is 4. The highest BCUT2D eigenvalue weighted by Gasteiger charge is 2.48. The van der Waals surface area contributed by atoms with Gasteiger partial charge in [-0.1, -0.05) is 95.4 Å². The molecule has 1 N–H and O–H groups in total. The van der Waals surface area contributed by atoms with Crippen LogP contribution in [0.4, 0.5) is 10.8 Å². The molecular weight excluding hydrogens is 585 g/mol. The minimum Gasteiger partial charge on any atom is -0.507 e. The van der Waals surface area contributed by atoms with Gasteiger partial charge in [0.25, 0.3) is 11.5 Å². The number of ketones is 1. The standard InChI is InChI=1S/C32H24N4O5S2/c1-18-13-14-19(2)25(15-18)28(37)26-27(21-9-6-11-23(16-21)36(40)41)35(30(39)29(26)38)31-33-34-32(43-31)42-17-22-10-5-8-20-7-3-4-12-24(20)22/h3-16,27,37H,17H2,1-2H3/b28-26+. The molecule has 214 valence electrons. The molecule has 1 unspecified atom stereocenters. The Labute approximate surface area is 254 Å². The normalized spacial score (nSPS) is 16.2. The van der Waals surface area contributed by atoms with Gasteiger partial charge >= 0.3 is 5.91 Å². The molecule has 4 aromatic carbocycles. The number of thioether (sulfide) groups is 1. The Hall–Kier alpha value is -4.87. The second-order valence-electron chi connectivity index (χ2n) is 10.1. The van der Waals surface area contributed by atoms with E-state index in [0.29, 0.717) is 26.8 Å². The number of carbonyl (C=O) groups excluding carboxylic acids is 2. The number of Topliss-reactive ketones (excluding diaryl/α,β-unsaturated/α-hetero) is 1. The lowest BCUT2D eigenvalue weighted by Crippen LogP contribution is -2.29. The van der Waals surface area contributed by atoms with Crippen LogP contribution in [0.25, 0.3) is 16.5 Å². The Bertz CT molecular complexity index is 1960. The second-order valence-corrected chi connectivity index (χ2v) is 12.3. The number of non-ortho nitro benzene ring substituents is 1. The number of aliphatic hydroxyl groups is 1. The lowest BCUT2D eigenvalue weighted by atomic mass is 9.93. The number of aromatic nitrogens is 2. The second kappa shape index (κ2) is 11.4. The van der Waals surface area contributed by atoms with Crippen LogP contribution in [0.15, 0.2) is 94.8 Å². The number of amides is 1. The molecule has 1 fully saturated rings. The van der Waals surface area contributed by atoms with Crippen molar-refractivity contribution < 1.29 is 19.6 Å². The average Bonchev–Trinajstić information content (AvgIpc) is 3.58. The molecule has 9 nitrogen and oxygen atoms in total. The van der Waals surface area contributed by atoms with Crippen molar-refractivity contribution in [3.8, 4) is 0 Å². The highest BCUT2D eigenvalue weighted by atomic mass is 32.2. The molecule has 0 saturated carbocycles. The van der Waals surface area contributed by atoms with E-state index in [1.165, 1.54) is 34.9 Å². The minimum absolute atomic E-state index is 0.152. The molecule has 0 spiro atoms. The minimum atomic E-state index is -1.15. The molecule has 6 rings (SSSR count). The molecule has 11 heteroatoms. The fourth-order valence-electron chi connectivity index (χ4n) is 5.21. The van der Waals surface area contributed by atoms with Crippen LogP contribution in [0.1, 0.15) is 33.9 Å². The predicted molar refractivity (Wildman–Crippen MR) is 167 cm³/mol. The van der Waals surface area contributed by atoms with E-state index in [-0.39, 0.29) is 22.2 Å². The van der Waals surface area contributed by atoms with Crippen LogP contribution in [0.2, 0.25) is 0 Å². The molecule has 1 saturated heterocycles. The van der Waals surface area contributed by atoms with Crippen LogP contribution >= 0.6 is 23.1 Å². The van der Waals surface area contributed by atoms with Gasteiger partial charge in [0.2, 0.25) is 5.13 Å². The van der Waals surface area contributed by atoms with Crippen molar-refractivity contribution in [2.75, 3.05) is 4.90 Å². The van der Waals surface area contributed by atoms with Crippen LogP contribution in [0, 0.1) is 24.0 Å². The Balaban J connectivity index is 1.41. The van der Waals surface area contributed by atoms with E-state index in [1.807, 2.05) is 43.3 Å². The number of fused-ring (bicyclic) bond motifs is 1. The molecule has 0 bridgehead atoms. The number of anilines is 1. The van der Waals surface area contributed by atoms with Gasteiger partial charge in [-0.25, -0.2) is 0 Å². The molecule has 0 aliphatic carbocycles. The third kappa shape index (κ3) is 5.28. The number of nitro groups is 1. The smallest absolute Gasteiger partial charge is 0.301 e. The van der Waals surface area contributed by atoms with E-state index in [0.717, 1.165) is 33.2 Å². The van der Waals surface area contributed by atoms with Crippen molar-refractivity contribution in [2.45, 2.75) is 30.0 Å². The number of nitrogens with zero attached hydrogens (tertiary/aromatic N) is 4. The zero-order chi connectivity index (χ0) is 30.2. The molecule has 0 radical (unpaired) electrons. The average molecular weight is 609 g/mol. The summed E-state index contributed by atoms with van der Waals surface area (Å²) < 4.78 is 0.581. The number of carbonyl (C=O) groups is 2. The number of aryl methyl sites for hydroxylation is 2. The topological polar surface area (TPSA) is 127 Å². The largest absolute Gasteiger partial charge is 0.507 e. The molecule has 2 heterocycles. The van der Waals surface area contributed by atoms with Gasteiger partial charge in [0.15, 0.2) is 4.34 Å². The van der Waals surface area contributed by atoms with Gasteiger partial charge in [-0.2, -0.15) is 0 Å². The summed E-state index contributed by atoms with van der Waals surface area (Å²) in [4.78, 5) is 39.4. The quantitative estimate of drug-likeness (QED) is 0.0393. The van der Waals surface area contributed by atoms with Crippen LogP contribution < -0.4 is 4.90 Å². The summed E-state index contributed by atoms with van der Waals surface area (Å²) in [6, 6.07) is 24.2. The molecule has 5 aromatic rings. The Morgan fingerprint density at radius 3 is 2.58 bits per heavy atom. The summed E-state index contributed by atoms with van der Waals surface area (Å²) in [5.41, 5.74) is 2.99. The fraction of sp³-hybridized carbons (Fsp3) is 0.125. The number of hydrogen-bond acceptors (Lipinski definition) is 9. The third-order valence-electron chi connectivity index (χ3n) is 7.32. The zero-order valence-electron chi connectivity index (χ0n) is 23.1. The van der Waals surface area contributed by atoms with Crippen molar-refractivity contribution >= 4 is 62.1 Å². The Morgan fingerprint density at radius 2 is 1.77 bits per heavy atom. The first-order valence-electron chi connectivity index (χ1n) is 13.3. The molecule has 1 amide bonds. The first-order chi connectivity index (χ1) is 20.7. The van der Waals surface area contributed by atoms with Crippen molar-refractivity contribution in [1.29, 1.82) is 0 Å². The van der Waals surface area contributed by atoms with E-state index in [1.54, 1.807) is 19.1 Å². The van der Waals surface area contributed by atoms with E-state index in [9.17, 15) is 24.8 Å². The maximum absolute atomic E-state index is 13.6. The van der Waals surface area contributed by atoms with Crippen molar-refractivity contribution in [2.24, 2.45) is 0 Å². The van der Waals surface area contributed by atoms with Gasteiger partial charge in [-0.05, 0) is 47.4 Å². The third-order valence-corrected chi connectivity index (χ3v) is 9.43. The summed E-state index contributed by atoms with van der Waals surface area (Å²) in [6.07, 6.45) is 0. The van der Waals surface area contributed by atoms with Gasteiger partial charge in [0.1, 0.15) is 5.76 Å². The van der Waals surface area contributed by atoms with Gasteiger partial charge in [-0.15, -0.1) is 10.2 Å².